The first-order chi connectivity index (χ1) is 14.9. The molecule has 162 valence electrons. The Morgan fingerprint density at radius 2 is 1.52 bits per heavy atom. The number of allylic oxidation sites excluding steroid dienone is 4. The Morgan fingerprint density at radius 3 is 2.16 bits per heavy atom. The normalized spacial score (nSPS) is 35.0. The van der Waals surface area contributed by atoms with Gasteiger partial charge in [0.2, 0.25) is 0 Å². The molecular formula is C31H38. The molecule has 0 N–H and O–H groups in total. The van der Waals surface area contributed by atoms with Gasteiger partial charge < -0.3 is 0 Å². The van der Waals surface area contributed by atoms with E-state index in [-0.39, 0.29) is 5.41 Å². The van der Waals surface area contributed by atoms with E-state index in [1.54, 1.807) is 16.7 Å². The van der Waals surface area contributed by atoms with Gasteiger partial charge in [-0.1, -0.05) is 91.7 Å². The molecule has 2 saturated carbocycles. The minimum Gasteiger partial charge on any atom is -0.0811 e. The fourth-order valence-electron chi connectivity index (χ4n) is 7.16. The van der Waals surface area contributed by atoms with E-state index in [0.29, 0.717) is 17.3 Å². The predicted molar refractivity (Wildman–Crippen MR) is 132 cm³/mol. The molecule has 5 atom stereocenters. The highest BCUT2D eigenvalue weighted by molar-refractivity contribution is 5.38. The first-order valence-corrected chi connectivity index (χ1v) is 12.4. The van der Waals surface area contributed by atoms with Gasteiger partial charge >= 0.3 is 0 Å². The molecule has 0 heterocycles. The van der Waals surface area contributed by atoms with Gasteiger partial charge in [0, 0.05) is 0 Å². The SMILES string of the molecule is Cc1ccc(C2CC3CC(C)(C4=CCC(C)C=C4)CC(c4ccc(C)cc4)(C3)C2)cc1. The van der Waals surface area contributed by atoms with E-state index >= 15 is 0 Å². The summed E-state index contributed by atoms with van der Waals surface area (Å²) in [5.74, 6) is 2.17. The van der Waals surface area contributed by atoms with Crippen LogP contribution in [0.1, 0.15) is 80.5 Å². The number of hydrogen-bond acceptors (Lipinski definition) is 0. The van der Waals surface area contributed by atoms with E-state index in [1.165, 1.54) is 49.7 Å². The van der Waals surface area contributed by atoms with E-state index in [4.69, 9.17) is 0 Å². The Bertz CT molecular complexity index is 989. The number of benzene rings is 2. The van der Waals surface area contributed by atoms with E-state index < -0.39 is 0 Å². The molecule has 31 heavy (non-hydrogen) atoms. The van der Waals surface area contributed by atoms with E-state index in [0.717, 1.165) is 5.92 Å². The molecule has 2 fully saturated rings. The van der Waals surface area contributed by atoms with Crippen LogP contribution in [0, 0.1) is 31.1 Å². The maximum absolute atomic E-state index is 2.57. The monoisotopic (exact) mass is 410 g/mol. The van der Waals surface area contributed by atoms with Crippen molar-refractivity contribution in [1.29, 1.82) is 0 Å². The van der Waals surface area contributed by atoms with Crippen molar-refractivity contribution < 1.29 is 0 Å². The van der Waals surface area contributed by atoms with Gasteiger partial charge in [0.25, 0.3) is 0 Å². The molecule has 0 saturated heterocycles. The van der Waals surface area contributed by atoms with Gasteiger partial charge in [-0.2, -0.15) is 0 Å². The third kappa shape index (κ3) is 3.95. The fraction of sp³-hybridized carbons (Fsp3) is 0.484. The summed E-state index contributed by atoms with van der Waals surface area (Å²) in [5, 5.41) is 0. The highest BCUT2D eigenvalue weighted by Gasteiger charge is 2.52. The van der Waals surface area contributed by atoms with Crippen molar-refractivity contribution in [2.45, 2.75) is 77.6 Å². The Labute approximate surface area is 189 Å². The predicted octanol–water partition coefficient (Wildman–Crippen LogP) is 8.45. The third-order valence-corrected chi connectivity index (χ3v) is 8.63. The smallest absolute Gasteiger partial charge is 0.00302 e. The summed E-state index contributed by atoms with van der Waals surface area (Å²) >= 11 is 0. The molecule has 2 bridgehead atoms. The summed E-state index contributed by atoms with van der Waals surface area (Å²) in [5.41, 5.74) is 8.07. The van der Waals surface area contributed by atoms with E-state index in [2.05, 4.69) is 94.5 Å². The molecule has 0 aromatic heterocycles. The van der Waals surface area contributed by atoms with Crippen LogP contribution in [0.5, 0.6) is 0 Å². The second-order valence-electron chi connectivity index (χ2n) is 11.4. The van der Waals surface area contributed by atoms with Crippen LogP contribution in [0.15, 0.2) is 72.3 Å². The first-order valence-electron chi connectivity index (χ1n) is 12.4. The van der Waals surface area contributed by atoms with Gasteiger partial charge in [0.05, 0.1) is 0 Å². The summed E-state index contributed by atoms with van der Waals surface area (Å²) in [6.45, 7) is 9.32. The van der Waals surface area contributed by atoms with Crippen LogP contribution in [-0.2, 0) is 5.41 Å². The van der Waals surface area contributed by atoms with Crippen molar-refractivity contribution in [2.75, 3.05) is 0 Å². The molecule has 0 spiro atoms. The molecule has 2 aromatic carbocycles. The zero-order valence-corrected chi connectivity index (χ0v) is 19.8. The van der Waals surface area contributed by atoms with E-state index in [9.17, 15) is 0 Å². The summed E-state index contributed by atoms with van der Waals surface area (Å²) in [6.07, 6.45) is 15.3. The Kier molecular flexibility index (Phi) is 5.24. The zero-order valence-electron chi connectivity index (χ0n) is 19.8. The van der Waals surface area contributed by atoms with Crippen LogP contribution in [0.2, 0.25) is 0 Å². The Hall–Kier alpha value is -2.08. The zero-order chi connectivity index (χ0) is 21.6. The number of hydrogen-bond donors (Lipinski definition) is 0. The van der Waals surface area contributed by atoms with Crippen LogP contribution in [-0.4, -0.2) is 0 Å². The van der Waals surface area contributed by atoms with Crippen LogP contribution >= 0.6 is 0 Å². The van der Waals surface area contributed by atoms with Crippen LogP contribution in [0.25, 0.3) is 0 Å². The van der Waals surface area contributed by atoms with Crippen molar-refractivity contribution in [3.8, 4) is 0 Å². The molecule has 5 rings (SSSR count). The summed E-state index contributed by atoms with van der Waals surface area (Å²) < 4.78 is 0. The van der Waals surface area contributed by atoms with Crippen molar-refractivity contribution in [2.24, 2.45) is 17.3 Å². The summed E-state index contributed by atoms with van der Waals surface area (Å²) in [7, 11) is 0. The average molecular weight is 411 g/mol. The molecule has 2 aromatic rings. The minimum atomic E-state index is 0.289. The second kappa shape index (κ2) is 7.80. The lowest BCUT2D eigenvalue weighted by atomic mass is 9.48. The van der Waals surface area contributed by atoms with Gasteiger partial charge in [-0.15, -0.1) is 0 Å². The fourth-order valence-corrected chi connectivity index (χ4v) is 7.16. The highest BCUT2D eigenvalue weighted by Crippen LogP contribution is 2.62. The summed E-state index contributed by atoms with van der Waals surface area (Å²) in [6, 6.07) is 19.0. The number of aryl methyl sites for hydroxylation is 2. The lowest BCUT2D eigenvalue weighted by Crippen LogP contribution is -2.47. The molecule has 0 nitrogen and oxygen atoms in total. The van der Waals surface area contributed by atoms with Gasteiger partial charge in [-0.05, 0) is 97.7 Å². The van der Waals surface area contributed by atoms with Gasteiger partial charge in [-0.3, -0.25) is 0 Å². The minimum absolute atomic E-state index is 0.289. The van der Waals surface area contributed by atoms with Crippen LogP contribution < -0.4 is 0 Å². The standard InChI is InChI=1S/C31H38/c1-22-5-11-26(12-6-22)27-17-25-18-30(4,28-13-7-23(2)8-14-28)21-31(19-25,20-27)29-15-9-24(3)10-16-29/h5-7,9-16,23,25,27H,8,17-21H2,1-4H3. The molecule has 0 radical (unpaired) electrons. The van der Waals surface area contributed by atoms with Crippen molar-refractivity contribution in [3.63, 3.8) is 0 Å². The molecule has 5 unspecified atom stereocenters. The highest BCUT2D eigenvalue weighted by atomic mass is 14.6. The van der Waals surface area contributed by atoms with Crippen LogP contribution in [0.4, 0.5) is 0 Å². The molecule has 0 aliphatic heterocycles. The maximum Gasteiger partial charge on any atom is -0.00302 e. The van der Waals surface area contributed by atoms with Crippen molar-refractivity contribution in [3.05, 3.63) is 94.6 Å². The number of rotatable bonds is 3. The van der Waals surface area contributed by atoms with Crippen LogP contribution in [0.3, 0.4) is 0 Å². The topological polar surface area (TPSA) is 0 Å². The van der Waals surface area contributed by atoms with Crippen molar-refractivity contribution in [1.82, 2.24) is 0 Å². The Balaban J connectivity index is 1.54. The molecule has 0 heteroatoms. The van der Waals surface area contributed by atoms with Gasteiger partial charge in [0.15, 0.2) is 0 Å². The van der Waals surface area contributed by atoms with Crippen molar-refractivity contribution >= 4 is 0 Å². The quantitative estimate of drug-likeness (QED) is 0.476. The maximum atomic E-state index is 2.57. The number of fused-ring (bicyclic) bond motifs is 2. The molecular weight excluding hydrogens is 372 g/mol. The van der Waals surface area contributed by atoms with Gasteiger partial charge in [-0.25, -0.2) is 0 Å². The molecule has 0 amide bonds. The third-order valence-electron chi connectivity index (χ3n) is 8.63. The lowest BCUT2D eigenvalue weighted by Gasteiger charge is -2.56. The first kappa shape index (κ1) is 20.8. The second-order valence-corrected chi connectivity index (χ2v) is 11.4. The Morgan fingerprint density at radius 1 is 0.839 bits per heavy atom. The van der Waals surface area contributed by atoms with Gasteiger partial charge in [0.1, 0.15) is 0 Å². The van der Waals surface area contributed by atoms with E-state index in [1.807, 2.05) is 0 Å². The summed E-state index contributed by atoms with van der Waals surface area (Å²) in [4.78, 5) is 0. The average Bonchev–Trinajstić information content (AvgIpc) is 2.74. The lowest BCUT2D eigenvalue weighted by molar-refractivity contribution is 0.0545. The largest absolute Gasteiger partial charge is 0.0811 e. The molecule has 3 aliphatic rings. The molecule has 3 aliphatic carbocycles.